The number of anilines is 1. The Balaban J connectivity index is 2.57. The second kappa shape index (κ2) is 9.27. The molecule has 0 aliphatic carbocycles. The molecule has 0 saturated carbocycles. The van der Waals surface area contributed by atoms with Crippen LogP contribution in [0.25, 0.3) is 0 Å². The van der Waals surface area contributed by atoms with Gasteiger partial charge >= 0.3 is 11.8 Å². The first-order valence-corrected chi connectivity index (χ1v) is 7.38. The summed E-state index contributed by atoms with van der Waals surface area (Å²) in [4.78, 5) is 23.6. The Morgan fingerprint density at radius 3 is 2.64 bits per heavy atom. The molecule has 1 rings (SSSR count). The van der Waals surface area contributed by atoms with Gasteiger partial charge in [-0.2, -0.15) is 0 Å². The molecular weight excluding hydrogens is 308 g/mol. The summed E-state index contributed by atoms with van der Waals surface area (Å²) in [5.41, 5.74) is 1.17. The monoisotopic (exact) mass is 328 g/mol. The summed E-state index contributed by atoms with van der Waals surface area (Å²) in [6.45, 7) is 5.24. The van der Waals surface area contributed by atoms with Crippen molar-refractivity contribution in [2.24, 2.45) is 0 Å². The van der Waals surface area contributed by atoms with Gasteiger partial charge in [0.05, 0.1) is 12.8 Å². The maximum Gasteiger partial charge on any atom is 0.313 e. The number of rotatable bonds is 7. The molecule has 0 saturated heterocycles. The highest BCUT2D eigenvalue weighted by Gasteiger charge is 2.16. The van der Waals surface area contributed by atoms with Gasteiger partial charge in [0.15, 0.2) is 0 Å². The SMILES string of the molecule is CCOCCCNC(=O)C(=O)Nc1cc(C)c(Cl)cc1OC. The first-order chi connectivity index (χ1) is 10.5. The van der Waals surface area contributed by atoms with Crippen molar-refractivity contribution in [2.75, 3.05) is 32.2 Å². The van der Waals surface area contributed by atoms with Crippen LogP contribution in [-0.4, -0.2) is 38.7 Å². The van der Waals surface area contributed by atoms with Gasteiger partial charge in [-0.1, -0.05) is 11.6 Å². The Morgan fingerprint density at radius 2 is 2.00 bits per heavy atom. The molecule has 6 nitrogen and oxygen atoms in total. The minimum absolute atomic E-state index is 0.378. The Bertz CT molecular complexity index is 535. The zero-order valence-corrected chi connectivity index (χ0v) is 13.8. The van der Waals surface area contributed by atoms with Gasteiger partial charge < -0.3 is 20.1 Å². The lowest BCUT2D eigenvalue weighted by molar-refractivity contribution is -0.136. The molecule has 2 N–H and O–H groups in total. The smallest absolute Gasteiger partial charge is 0.313 e. The van der Waals surface area contributed by atoms with Crippen molar-refractivity contribution in [1.82, 2.24) is 5.32 Å². The summed E-state index contributed by atoms with van der Waals surface area (Å²) in [6, 6.07) is 3.24. The number of ether oxygens (including phenoxy) is 2. The molecule has 2 amide bonds. The molecule has 22 heavy (non-hydrogen) atoms. The summed E-state index contributed by atoms with van der Waals surface area (Å²) in [7, 11) is 1.46. The predicted octanol–water partition coefficient (Wildman–Crippen LogP) is 2.14. The van der Waals surface area contributed by atoms with Crippen LogP contribution in [-0.2, 0) is 14.3 Å². The van der Waals surface area contributed by atoms with Gasteiger partial charge in [0.2, 0.25) is 0 Å². The van der Waals surface area contributed by atoms with E-state index in [0.29, 0.717) is 42.6 Å². The average Bonchev–Trinajstić information content (AvgIpc) is 2.50. The van der Waals surface area contributed by atoms with E-state index in [2.05, 4.69) is 10.6 Å². The number of amides is 2. The van der Waals surface area contributed by atoms with Gasteiger partial charge in [0, 0.05) is 30.8 Å². The topological polar surface area (TPSA) is 76.7 Å². The third kappa shape index (κ3) is 5.54. The van der Waals surface area contributed by atoms with Gasteiger partial charge in [0.25, 0.3) is 0 Å². The van der Waals surface area contributed by atoms with E-state index in [0.717, 1.165) is 5.56 Å². The van der Waals surface area contributed by atoms with Crippen LogP contribution in [0.5, 0.6) is 5.75 Å². The van der Waals surface area contributed by atoms with Crippen LogP contribution < -0.4 is 15.4 Å². The molecule has 122 valence electrons. The van der Waals surface area contributed by atoms with Crippen LogP contribution in [0, 0.1) is 6.92 Å². The Hall–Kier alpha value is -1.79. The van der Waals surface area contributed by atoms with E-state index in [1.165, 1.54) is 7.11 Å². The molecule has 0 aromatic heterocycles. The van der Waals surface area contributed by atoms with Crippen molar-refractivity contribution in [1.29, 1.82) is 0 Å². The van der Waals surface area contributed by atoms with Crippen LogP contribution in [0.3, 0.4) is 0 Å². The molecule has 1 aromatic carbocycles. The van der Waals surface area contributed by atoms with Gasteiger partial charge in [0.1, 0.15) is 5.75 Å². The van der Waals surface area contributed by atoms with Crippen LogP contribution in [0.1, 0.15) is 18.9 Å². The lowest BCUT2D eigenvalue weighted by atomic mass is 10.2. The summed E-state index contributed by atoms with van der Waals surface area (Å²) in [6.07, 6.45) is 0.649. The Kier molecular flexibility index (Phi) is 7.70. The molecule has 0 spiro atoms. The zero-order chi connectivity index (χ0) is 16.5. The first-order valence-electron chi connectivity index (χ1n) is 7.00. The second-order valence-electron chi connectivity index (χ2n) is 4.56. The molecular formula is C15H21ClN2O4. The lowest BCUT2D eigenvalue weighted by Crippen LogP contribution is -2.36. The molecule has 0 heterocycles. The van der Waals surface area contributed by atoms with E-state index < -0.39 is 11.8 Å². The number of benzene rings is 1. The third-order valence-corrected chi connectivity index (χ3v) is 3.30. The maximum atomic E-state index is 11.9. The van der Waals surface area contributed by atoms with E-state index >= 15 is 0 Å². The van der Waals surface area contributed by atoms with Gasteiger partial charge in [-0.3, -0.25) is 9.59 Å². The number of carbonyl (C=O) groups is 2. The highest BCUT2D eigenvalue weighted by Crippen LogP contribution is 2.30. The molecule has 0 atom stereocenters. The van der Waals surface area contributed by atoms with Crippen molar-refractivity contribution in [3.05, 3.63) is 22.7 Å². The second-order valence-corrected chi connectivity index (χ2v) is 4.97. The number of aryl methyl sites for hydroxylation is 1. The first kappa shape index (κ1) is 18.3. The highest BCUT2D eigenvalue weighted by atomic mass is 35.5. The quantitative estimate of drug-likeness (QED) is 0.594. The summed E-state index contributed by atoms with van der Waals surface area (Å²) in [5.74, 6) is -1.06. The molecule has 0 aliphatic heterocycles. The van der Waals surface area contributed by atoms with Crippen molar-refractivity contribution in [2.45, 2.75) is 20.3 Å². The minimum atomic E-state index is -0.753. The number of hydrogen-bond acceptors (Lipinski definition) is 4. The normalized spacial score (nSPS) is 10.2. The van der Waals surface area contributed by atoms with E-state index in [4.69, 9.17) is 21.1 Å². The number of methoxy groups -OCH3 is 1. The van der Waals surface area contributed by atoms with E-state index in [9.17, 15) is 9.59 Å². The predicted molar refractivity (Wildman–Crippen MR) is 85.5 cm³/mol. The zero-order valence-electron chi connectivity index (χ0n) is 13.0. The van der Waals surface area contributed by atoms with Crippen molar-refractivity contribution in [3.63, 3.8) is 0 Å². The standard InChI is InChI=1S/C15H21ClN2O4/c1-4-22-7-5-6-17-14(19)15(20)18-12-8-10(2)11(16)9-13(12)21-3/h8-9H,4-7H2,1-3H3,(H,17,19)(H,18,20). The van der Waals surface area contributed by atoms with Crippen LogP contribution in [0.4, 0.5) is 5.69 Å². The molecule has 0 fully saturated rings. The van der Waals surface area contributed by atoms with Gasteiger partial charge in [-0.05, 0) is 31.9 Å². The lowest BCUT2D eigenvalue weighted by Gasteiger charge is -2.12. The number of carbonyl (C=O) groups excluding carboxylic acids is 2. The molecule has 0 aliphatic rings. The van der Waals surface area contributed by atoms with Crippen LogP contribution >= 0.6 is 11.6 Å². The van der Waals surface area contributed by atoms with E-state index in [1.54, 1.807) is 19.1 Å². The van der Waals surface area contributed by atoms with E-state index in [-0.39, 0.29) is 0 Å². The number of halogens is 1. The largest absolute Gasteiger partial charge is 0.495 e. The fraction of sp³-hybridized carbons (Fsp3) is 0.467. The Labute approximate surface area is 135 Å². The van der Waals surface area contributed by atoms with Crippen molar-refractivity contribution in [3.8, 4) is 5.75 Å². The van der Waals surface area contributed by atoms with Crippen molar-refractivity contribution >= 4 is 29.1 Å². The number of nitrogens with one attached hydrogen (secondary N) is 2. The average molecular weight is 329 g/mol. The summed E-state index contributed by atoms with van der Waals surface area (Å²) in [5, 5.41) is 5.57. The minimum Gasteiger partial charge on any atom is -0.495 e. The molecule has 7 heteroatoms. The molecule has 0 radical (unpaired) electrons. The summed E-state index contributed by atoms with van der Waals surface area (Å²) >= 11 is 5.99. The molecule has 0 unspecified atom stereocenters. The maximum absolute atomic E-state index is 11.9. The molecule has 1 aromatic rings. The van der Waals surface area contributed by atoms with Crippen LogP contribution in [0.2, 0.25) is 5.02 Å². The summed E-state index contributed by atoms with van der Waals surface area (Å²) < 4.78 is 10.3. The van der Waals surface area contributed by atoms with E-state index in [1.807, 2.05) is 6.92 Å². The van der Waals surface area contributed by atoms with Crippen molar-refractivity contribution < 1.29 is 19.1 Å². The van der Waals surface area contributed by atoms with Gasteiger partial charge in [-0.15, -0.1) is 0 Å². The van der Waals surface area contributed by atoms with Gasteiger partial charge in [-0.25, -0.2) is 0 Å². The number of hydrogen-bond donors (Lipinski definition) is 2. The van der Waals surface area contributed by atoms with Crippen LogP contribution in [0.15, 0.2) is 12.1 Å². The third-order valence-electron chi connectivity index (χ3n) is 2.89. The molecule has 0 bridgehead atoms. The fourth-order valence-electron chi connectivity index (χ4n) is 1.71. The highest BCUT2D eigenvalue weighted by molar-refractivity contribution is 6.40. The fourth-order valence-corrected chi connectivity index (χ4v) is 1.86. The Morgan fingerprint density at radius 1 is 1.27 bits per heavy atom.